The SMILES string of the molecule is CCc1ccccc1Nc1c(C(N)=O)cnc2[nH]c(-c3ccc(O)c(Cl)c3)nc12.O=C(O)C(F)(F)F. The first-order valence-corrected chi connectivity index (χ1v) is 10.6. The number of hydrogen-bond acceptors (Lipinski definition) is 6. The van der Waals surface area contributed by atoms with Gasteiger partial charge in [-0.15, -0.1) is 0 Å². The van der Waals surface area contributed by atoms with E-state index in [9.17, 15) is 23.1 Å². The number of alkyl halides is 3. The molecule has 13 heteroatoms. The van der Waals surface area contributed by atoms with Crippen molar-refractivity contribution in [1.82, 2.24) is 15.0 Å². The number of H-pyrrole nitrogens is 1. The summed E-state index contributed by atoms with van der Waals surface area (Å²) in [6.07, 6.45) is -2.84. The molecule has 4 rings (SSSR count). The van der Waals surface area contributed by atoms with Crippen molar-refractivity contribution in [3.05, 3.63) is 64.8 Å². The fourth-order valence-electron chi connectivity index (χ4n) is 3.14. The predicted octanol–water partition coefficient (Wildman–Crippen LogP) is 5.02. The Morgan fingerprint density at radius 2 is 1.86 bits per heavy atom. The Balaban J connectivity index is 0.000000454. The minimum absolute atomic E-state index is 0.0146. The number of amides is 1. The van der Waals surface area contributed by atoms with Crippen LogP contribution in [0, 0.1) is 0 Å². The topological polar surface area (TPSA) is 154 Å². The normalized spacial score (nSPS) is 11.0. The van der Waals surface area contributed by atoms with E-state index in [4.69, 9.17) is 27.2 Å². The second-order valence-electron chi connectivity index (χ2n) is 7.30. The van der Waals surface area contributed by atoms with Crippen LogP contribution in [-0.4, -0.2) is 43.2 Å². The van der Waals surface area contributed by atoms with Crippen molar-refractivity contribution in [3.63, 3.8) is 0 Å². The van der Waals surface area contributed by atoms with Gasteiger partial charge >= 0.3 is 12.1 Å². The Hall–Kier alpha value is -4.32. The zero-order valence-electron chi connectivity index (χ0n) is 18.5. The number of aromatic hydroxyl groups is 1. The van der Waals surface area contributed by atoms with E-state index in [0.717, 1.165) is 17.7 Å². The Morgan fingerprint density at radius 3 is 2.44 bits per heavy atom. The van der Waals surface area contributed by atoms with Crippen LogP contribution in [0.25, 0.3) is 22.6 Å². The second-order valence-corrected chi connectivity index (χ2v) is 7.71. The summed E-state index contributed by atoms with van der Waals surface area (Å²) in [6, 6.07) is 12.6. The lowest BCUT2D eigenvalue weighted by Gasteiger charge is -2.13. The monoisotopic (exact) mass is 521 g/mol. The van der Waals surface area contributed by atoms with Crippen LogP contribution in [0.15, 0.2) is 48.7 Å². The van der Waals surface area contributed by atoms with E-state index in [0.29, 0.717) is 28.2 Å². The summed E-state index contributed by atoms with van der Waals surface area (Å²) in [4.78, 5) is 33.0. The summed E-state index contributed by atoms with van der Waals surface area (Å²) in [5.74, 6) is -2.87. The average molecular weight is 522 g/mol. The maximum absolute atomic E-state index is 12.0. The van der Waals surface area contributed by atoms with Crippen molar-refractivity contribution in [3.8, 4) is 17.1 Å². The highest BCUT2D eigenvalue weighted by molar-refractivity contribution is 6.32. The zero-order chi connectivity index (χ0) is 26.6. The maximum Gasteiger partial charge on any atom is 0.490 e. The van der Waals surface area contributed by atoms with Gasteiger partial charge in [-0.3, -0.25) is 4.79 Å². The largest absolute Gasteiger partial charge is 0.506 e. The van der Waals surface area contributed by atoms with Crippen LogP contribution in [-0.2, 0) is 11.2 Å². The lowest BCUT2D eigenvalue weighted by atomic mass is 10.1. The Bertz CT molecular complexity index is 1440. The number of phenolic OH excluding ortho intramolecular Hbond substituents is 1. The van der Waals surface area contributed by atoms with Crippen molar-refractivity contribution in [2.24, 2.45) is 5.73 Å². The number of carboxylic acid groups (broad SMARTS) is 1. The number of nitrogens with zero attached hydrogens (tertiary/aromatic N) is 2. The molecule has 9 nitrogen and oxygen atoms in total. The first-order valence-electron chi connectivity index (χ1n) is 10.2. The lowest BCUT2D eigenvalue weighted by Crippen LogP contribution is -2.21. The van der Waals surface area contributed by atoms with Crippen LogP contribution in [0.4, 0.5) is 24.5 Å². The van der Waals surface area contributed by atoms with Gasteiger partial charge in [0, 0.05) is 17.4 Å². The number of aliphatic carboxylic acids is 1. The molecule has 0 fully saturated rings. The number of nitrogens with two attached hydrogens (primary N) is 1. The molecule has 0 aliphatic carbocycles. The number of carbonyl (C=O) groups is 2. The van der Waals surface area contributed by atoms with Crippen LogP contribution in [0.2, 0.25) is 5.02 Å². The first kappa shape index (κ1) is 26.3. The zero-order valence-corrected chi connectivity index (χ0v) is 19.3. The highest BCUT2D eigenvalue weighted by atomic mass is 35.5. The van der Waals surface area contributed by atoms with Gasteiger partial charge in [0.15, 0.2) is 5.65 Å². The molecule has 0 saturated carbocycles. The number of fused-ring (bicyclic) bond motifs is 1. The fourth-order valence-corrected chi connectivity index (χ4v) is 3.32. The molecule has 1 amide bonds. The van der Waals surface area contributed by atoms with Gasteiger partial charge in [0.1, 0.15) is 17.1 Å². The molecule has 2 heterocycles. The molecule has 0 unspecified atom stereocenters. The minimum Gasteiger partial charge on any atom is -0.506 e. The quantitative estimate of drug-likeness (QED) is 0.247. The Labute approximate surface area is 206 Å². The van der Waals surface area contributed by atoms with E-state index in [1.165, 1.54) is 12.3 Å². The molecule has 0 saturated heterocycles. The predicted molar refractivity (Wildman–Crippen MR) is 127 cm³/mol. The van der Waals surface area contributed by atoms with Gasteiger partial charge in [-0.05, 0) is 36.2 Å². The molecule has 2 aromatic carbocycles. The molecule has 0 atom stereocenters. The van der Waals surface area contributed by atoms with Gasteiger partial charge in [-0.2, -0.15) is 13.2 Å². The molecule has 0 bridgehead atoms. The van der Waals surface area contributed by atoms with Crippen molar-refractivity contribution >= 4 is 46.0 Å². The van der Waals surface area contributed by atoms with Gasteiger partial charge in [0.05, 0.1) is 16.3 Å². The van der Waals surface area contributed by atoms with Crippen molar-refractivity contribution in [2.45, 2.75) is 19.5 Å². The van der Waals surface area contributed by atoms with Crippen LogP contribution in [0.3, 0.4) is 0 Å². The highest BCUT2D eigenvalue weighted by Gasteiger charge is 2.38. The standard InChI is InChI=1S/C21H18ClN5O2.C2HF3O2/c1-2-11-5-3-4-6-15(11)25-17-13(19(23)29)10-24-21-18(17)26-20(27-21)12-7-8-16(28)14(22)9-12;3-2(4,5)1(6)7/h3-10,28H,2H2,1H3,(H2,23,29)(H2,24,25,26,27);(H,6,7). The van der Waals surface area contributed by atoms with Crippen LogP contribution < -0.4 is 11.1 Å². The second kappa shape index (κ2) is 10.5. The fraction of sp³-hybridized carbons (Fsp3) is 0.130. The lowest BCUT2D eigenvalue weighted by molar-refractivity contribution is -0.192. The number of primary amides is 1. The average Bonchev–Trinajstić information content (AvgIpc) is 3.26. The molecular formula is C23H19ClF3N5O4. The number of anilines is 2. The maximum atomic E-state index is 12.0. The van der Waals surface area contributed by atoms with Crippen molar-refractivity contribution < 1.29 is 33.0 Å². The van der Waals surface area contributed by atoms with Gasteiger partial charge in [0.2, 0.25) is 0 Å². The number of benzene rings is 2. The Kier molecular flexibility index (Phi) is 7.68. The smallest absolute Gasteiger partial charge is 0.490 e. The number of phenols is 1. The third kappa shape index (κ3) is 5.84. The molecule has 0 spiro atoms. The first-order chi connectivity index (χ1) is 16.9. The summed E-state index contributed by atoms with van der Waals surface area (Å²) >= 11 is 6.02. The minimum atomic E-state index is -5.08. The summed E-state index contributed by atoms with van der Waals surface area (Å²) in [6.45, 7) is 2.05. The third-order valence-electron chi connectivity index (χ3n) is 4.90. The number of aromatic nitrogens is 3. The number of imidazole rings is 1. The molecule has 0 radical (unpaired) electrons. The van der Waals surface area contributed by atoms with E-state index in [1.807, 2.05) is 24.3 Å². The summed E-state index contributed by atoms with van der Waals surface area (Å²) < 4.78 is 31.7. The number of para-hydroxylation sites is 1. The number of pyridine rings is 1. The van der Waals surface area contributed by atoms with Crippen LogP contribution in [0.5, 0.6) is 5.75 Å². The number of carbonyl (C=O) groups excluding carboxylic acids is 1. The van der Waals surface area contributed by atoms with Crippen molar-refractivity contribution in [2.75, 3.05) is 5.32 Å². The number of hydrogen-bond donors (Lipinski definition) is 5. The van der Waals surface area contributed by atoms with E-state index < -0.39 is 18.1 Å². The molecule has 6 N–H and O–H groups in total. The number of aromatic amines is 1. The van der Waals surface area contributed by atoms with Crippen LogP contribution in [0.1, 0.15) is 22.8 Å². The number of nitrogens with one attached hydrogen (secondary N) is 2. The van der Waals surface area contributed by atoms with E-state index >= 15 is 0 Å². The molecule has 0 aliphatic rings. The number of rotatable bonds is 5. The van der Waals surface area contributed by atoms with Crippen molar-refractivity contribution in [1.29, 1.82) is 0 Å². The van der Waals surface area contributed by atoms with Gasteiger partial charge in [-0.25, -0.2) is 14.8 Å². The summed E-state index contributed by atoms with van der Waals surface area (Å²) in [5, 5.41) is 20.3. The van der Waals surface area contributed by atoms with Gasteiger partial charge in [-0.1, -0.05) is 36.7 Å². The van der Waals surface area contributed by atoms with Crippen LogP contribution >= 0.6 is 11.6 Å². The number of halogens is 4. The molecular weight excluding hydrogens is 503 g/mol. The summed E-state index contributed by atoms with van der Waals surface area (Å²) in [5.41, 5.74) is 9.90. The van der Waals surface area contributed by atoms with Gasteiger partial charge in [0.25, 0.3) is 5.91 Å². The van der Waals surface area contributed by atoms with E-state index in [-0.39, 0.29) is 16.3 Å². The van der Waals surface area contributed by atoms with E-state index in [1.54, 1.807) is 12.1 Å². The number of aryl methyl sites for hydroxylation is 1. The molecule has 36 heavy (non-hydrogen) atoms. The van der Waals surface area contributed by atoms with E-state index in [2.05, 4.69) is 27.2 Å². The van der Waals surface area contributed by atoms with Gasteiger partial charge < -0.3 is 26.2 Å². The molecule has 2 aromatic heterocycles. The molecule has 4 aromatic rings. The summed E-state index contributed by atoms with van der Waals surface area (Å²) in [7, 11) is 0. The molecule has 0 aliphatic heterocycles. The highest BCUT2D eigenvalue weighted by Crippen LogP contribution is 2.33. The number of carboxylic acids is 1. The Morgan fingerprint density at radius 1 is 1.19 bits per heavy atom. The molecule has 188 valence electrons. The third-order valence-corrected chi connectivity index (χ3v) is 5.20.